The summed E-state index contributed by atoms with van der Waals surface area (Å²) in [5.74, 6) is 0.0718. The Morgan fingerprint density at radius 3 is 2.19 bits per heavy atom. The molecule has 0 bridgehead atoms. The Bertz CT molecular complexity index is 971. The first-order valence-corrected chi connectivity index (χ1v) is 9.06. The second-order valence-corrected chi connectivity index (χ2v) is 6.89. The van der Waals surface area contributed by atoms with Crippen LogP contribution in [0.3, 0.4) is 0 Å². The van der Waals surface area contributed by atoms with Crippen LogP contribution in [0.15, 0.2) is 67.0 Å². The molecule has 1 saturated carbocycles. The molecular weight excluding hydrogens is 338 g/mol. The highest BCUT2D eigenvalue weighted by Gasteiger charge is 2.29. The third-order valence-electron chi connectivity index (χ3n) is 4.71. The van der Waals surface area contributed by atoms with Gasteiger partial charge in [0.2, 0.25) is 5.91 Å². The number of rotatable bonds is 5. The molecule has 0 radical (unpaired) electrons. The van der Waals surface area contributed by atoms with Crippen LogP contribution in [0, 0.1) is 12.8 Å². The average Bonchev–Trinajstić information content (AvgIpc) is 3.39. The highest BCUT2D eigenvalue weighted by Crippen LogP contribution is 2.30. The summed E-state index contributed by atoms with van der Waals surface area (Å²) in [5, 5.41) is 5.80. The summed E-state index contributed by atoms with van der Waals surface area (Å²) < 4.78 is 1.99. The van der Waals surface area contributed by atoms with E-state index in [4.69, 9.17) is 0 Å². The van der Waals surface area contributed by atoms with Crippen molar-refractivity contribution in [3.63, 3.8) is 0 Å². The van der Waals surface area contributed by atoms with Crippen LogP contribution in [0.1, 0.15) is 28.8 Å². The number of hydrogen-bond donors (Lipinski definition) is 2. The van der Waals surface area contributed by atoms with E-state index in [1.165, 1.54) is 0 Å². The van der Waals surface area contributed by atoms with Gasteiger partial charge in [-0.3, -0.25) is 9.59 Å². The molecule has 0 spiro atoms. The van der Waals surface area contributed by atoms with Crippen LogP contribution < -0.4 is 10.6 Å². The van der Waals surface area contributed by atoms with Crippen LogP contribution in [0.4, 0.5) is 11.4 Å². The maximum atomic E-state index is 12.6. The summed E-state index contributed by atoms with van der Waals surface area (Å²) in [7, 11) is 0. The van der Waals surface area contributed by atoms with Gasteiger partial charge in [-0.15, -0.1) is 0 Å². The first-order chi connectivity index (χ1) is 13.1. The number of nitrogens with zero attached hydrogens (tertiary/aromatic N) is 1. The van der Waals surface area contributed by atoms with Crippen molar-refractivity contribution < 1.29 is 9.59 Å². The molecule has 0 aliphatic heterocycles. The molecule has 4 rings (SSSR count). The van der Waals surface area contributed by atoms with E-state index in [9.17, 15) is 9.59 Å². The van der Waals surface area contributed by atoms with Gasteiger partial charge in [0.25, 0.3) is 5.91 Å². The molecule has 0 saturated heterocycles. The Morgan fingerprint density at radius 1 is 0.926 bits per heavy atom. The van der Waals surface area contributed by atoms with Crippen molar-refractivity contribution in [3.8, 4) is 5.69 Å². The van der Waals surface area contributed by atoms with Crippen molar-refractivity contribution in [2.24, 2.45) is 5.92 Å². The molecular formula is C22H21N3O2. The molecule has 2 amide bonds. The van der Waals surface area contributed by atoms with E-state index in [1.807, 2.05) is 54.2 Å². The fourth-order valence-corrected chi connectivity index (χ4v) is 2.95. The normalized spacial score (nSPS) is 13.2. The van der Waals surface area contributed by atoms with Crippen molar-refractivity contribution in [2.75, 3.05) is 10.6 Å². The third kappa shape index (κ3) is 3.92. The first-order valence-electron chi connectivity index (χ1n) is 9.06. The highest BCUT2D eigenvalue weighted by atomic mass is 16.2. The lowest BCUT2D eigenvalue weighted by Crippen LogP contribution is -2.14. The number of aryl methyl sites for hydroxylation is 1. The van der Waals surface area contributed by atoms with Gasteiger partial charge in [-0.25, -0.2) is 0 Å². The fraction of sp³-hybridized carbons (Fsp3) is 0.182. The van der Waals surface area contributed by atoms with Crippen LogP contribution in [0.5, 0.6) is 0 Å². The Kier molecular flexibility index (Phi) is 4.50. The Balaban J connectivity index is 1.46. The van der Waals surface area contributed by atoms with Crippen LogP contribution in [0.25, 0.3) is 5.69 Å². The van der Waals surface area contributed by atoms with Crippen molar-refractivity contribution in [1.82, 2.24) is 4.57 Å². The van der Waals surface area contributed by atoms with E-state index < -0.39 is 0 Å². The molecule has 3 aromatic rings. The fourth-order valence-electron chi connectivity index (χ4n) is 2.95. The van der Waals surface area contributed by atoms with E-state index in [2.05, 4.69) is 10.6 Å². The quantitative estimate of drug-likeness (QED) is 0.710. The van der Waals surface area contributed by atoms with Gasteiger partial charge >= 0.3 is 0 Å². The number of anilines is 2. The summed E-state index contributed by atoms with van der Waals surface area (Å²) in [4.78, 5) is 24.4. The topological polar surface area (TPSA) is 63.1 Å². The predicted octanol–water partition coefficient (Wildman–Crippen LogP) is 4.39. The van der Waals surface area contributed by atoms with Gasteiger partial charge in [0, 0.05) is 40.9 Å². The molecule has 5 heteroatoms. The maximum Gasteiger partial charge on any atom is 0.255 e. The highest BCUT2D eigenvalue weighted by molar-refractivity contribution is 6.05. The summed E-state index contributed by atoms with van der Waals surface area (Å²) in [6.45, 7) is 2.02. The molecule has 1 aromatic heterocycles. The minimum Gasteiger partial charge on any atom is -0.326 e. The molecule has 2 aromatic carbocycles. The smallest absolute Gasteiger partial charge is 0.255 e. The number of amides is 2. The summed E-state index contributed by atoms with van der Waals surface area (Å²) in [5.41, 5.74) is 4.10. The molecule has 1 aliphatic rings. The second kappa shape index (κ2) is 7.11. The van der Waals surface area contributed by atoms with Gasteiger partial charge in [0.15, 0.2) is 0 Å². The molecule has 1 heterocycles. The number of aromatic nitrogens is 1. The second-order valence-electron chi connectivity index (χ2n) is 6.89. The number of hydrogen-bond acceptors (Lipinski definition) is 2. The van der Waals surface area contributed by atoms with Gasteiger partial charge < -0.3 is 15.2 Å². The zero-order valence-corrected chi connectivity index (χ0v) is 15.1. The van der Waals surface area contributed by atoms with Crippen molar-refractivity contribution >= 4 is 23.2 Å². The monoisotopic (exact) mass is 359 g/mol. The lowest BCUT2D eigenvalue weighted by atomic mass is 10.1. The molecule has 136 valence electrons. The van der Waals surface area contributed by atoms with Crippen molar-refractivity contribution in [3.05, 3.63) is 78.1 Å². The standard InChI is InChI=1S/C22H21N3O2/c1-15-4-5-17(14-20(15)25-12-2-3-13-25)22(27)24-19-10-8-18(9-11-19)23-21(26)16-6-7-16/h2-5,8-14,16H,6-7H2,1H3,(H,23,26)(H,24,27). The van der Waals surface area contributed by atoms with Crippen LogP contribution in [-0.2, 0) is 4.79 Å². The zero-order valence-electron chi connectivity index (χ0n) is 15.1. The zero-order chi connectivity index (χ0) is 18.8. The van der Waals surface area contributed by atoms with E-state index >= 15 is 0 Å². The van der Waals surface area contributed by atoms with Crippen LogP contribution in [-0.4, -0.2) is 16.4 Å². The predicted molar refractivity (Wildman–Crippen MR) is 106 cm³/mol. The van der Waals surface area contributed by atoms with Gasteiger partial charge in [-0.2, -0.15) is 0 Å². The van der Waals surface area contributed by atoms with E-state index in [0.717, 1.165) is 29.8 Å². The van der Waals surface area contributed by atoms with E-state index in [-0.39, 0.29) is 17.7 Å². The largest absolute Gasteiger partial charge is 0.326 e. The van der Waals surface area contributed by atoms with Crippen LogP contribution >= 0.6 is 0 Å². The SMILES string of the molecule is Cc1ccc(C(=O)Nc2ccc(NC(=O)C3CC3)cc2)cc1-n1cccc1. The molecule has 5 nitrogen and oxygen atoms in total. The summed E-state index contributed by atoms with van der Waals surface area (Å²) in [6, 6.07) is 16.7. The minimum absolute atomic E-state index is 0.0731. The van der Waals surface area contributed by atoms with Gasteiger partial charge in [0.05, 0.1) is 0 Å². The maximum absolute atomic E-state index is 12.6. The lowest BCUT2D eigenvalue weighted by molar-refractivity contribution is -0.117. The summed E-state index contributed by atoms with van der Waals surface area (Å²) in [6.07, 6.45) is 5.86. The molecule has 1 aliphatic carbocycles. The van der Waals surface area contributed by atoms with E-state index in [1.54, 1.807) is 24.3 Å². The summed E-state index contributed by atoms with van der Waals surface area (Å²) >= 11 is 0. The molecule has 0 unspecified atom stereocenters. The van der Waals surface area contributed by atoms with Gasteiger partial charge in [-0.1, -0.05) is 6.07 Å². The number of nitrogens with one attached hydrogen (secondary N) is 2. The Labute approximate surface area is 158 Å². The Hall–Kier alpha value is -3.34. The molecule has 1 fully saturated rings. The molecule has 2 N–H and O–H groups in total. The lowest BCUT2D eigenvalue weighted by Gasteiger charge is -2.11. The Morgan fingerprint density at radius 2 is 1.56 bits per heavy atom. The number of carbonyl (C=O) groups excluding carboxylic acids is 2. The van der Waals surface area contributed by atoms with Crippen molar-refractivity contribution in [1.29, 1.82) is 0 Å². The molecule has 27 heavy (non-hydrogen) atoms. The number of benzene rings is 2. The minimum atomic E-state index is -0.168. The van der Waals surface area contributed by atoms with E-state index in [0.29, 0.717) is 11.3 Å². The van der Waals surface area contributed by atoms with Crippen molar-refractivity contribution in [2.45, 2.75) is 19.8 Å². The average molecular weight is 359 g/mol. The van der Waals surface area contributed by atoms with Crippen LogP contribution in [0.2, 0.25) is 0 Å². The first kappa shape index (κ1) is 17.1. The number of carbonyl (C=O) groups is 2. The van der Waals surface area contributed by atoms with Gasteiger partial charge in [0.1, 0.15) is 0 Å². The van der Waals surface area contributed by atoms with Gasteiger partial charge in [-0.05, 0) is 73.9 Å². The third-order valence-corrected chi connectivity index (χ3v) is 4.71. The molecule has 0 atom stereocenters.